The number of urea groups is 1. The molecular weight excluding hydrogens is 368 g/mol. The first-order chi connectivity index (χ1) is 11.5. The van der Waals surface area contributed by atoms with Crippen LogP contribution in [0.15, 0.2) is 46.9 Å². The van der Waals surface area contributed by atoms with Gasteiger partial charge >= 0.3 is 6.03 Å². The van der Waals surface area contributed by atoms with Gasteiger partial charge < -0.3 is 10.1 Å². The molecule has 1 N–H and O–H groups in total. The Balaban J connectivity index is 1.82. The molecule has 2 aliphatic rings. The Labute approximate surface area is 149 Å². The molecule has 2 amide bonds. The van der Waals surface area contributed by atoms with Crippen LogP contribution in [0.2, 0.25) is 0 Å². The minimum absolute atomic E-state index is 0.0335. The number of carbonyl (C=O) groups excluding carboxylic acids is 1. The SMILES string of the molecule is CCc1ccccc1N1C(=O)NC2CC1(C)Oc1ccc(Br)cc12. The molecule has 2 aliphatic heterocycles. The Kier molecular flexibility index (Phi) is 3.57. The highest BCUT2D eigenvalue weighted by Crippen LogP contribution is 2.46. The molecule has 2 bridgehead atoms. The fraction of sp³-hybridized carbons (Fsp3) is 0.316. The number of hydrogen-bond acceptors (Lipinski definition) is 2. The van der Waals surface area contributed by atoms with Crippen molar-refractivity contribution >= 4 is 27.6 Å². The third-order valence-corrected chi connectivity index (χ3v) is 5.34. The van der Waals surface area contributed by atoms with E-state index in [1.54, 1.807) is 4.90 Å². The summed E-state index contributed by atoms with van der Waals surface area (Å²) in [5, 5.41) is 3.14. The number of fused-ring (bicyclic) bond motifs is 4. The van der Waals surface area contributed by atoms with Crippen LogP contribution in [0.5, 0.6) is 5.75 Å². The number of ether oxygens (including phenoxy) is 1. The Bertz CT molecular complexity index is 823. The van der Waals surface area contributed by atoms with Crippen molar-refractivity contribution in [2.24, 2.45) is 0 Å². The molecule has 0 aliphatic carbocycles. The van der Waals surface area contributed by atoms with Gasteiger partial charge in [-0.2, -0.15) is 0 Å². The minimum atomic E-state index is -0.695. The lowest BCUT2D eigenvalue weighted by molar-refractivity contribution is 0.0377. The molecule has 2 aromatic carbocycles. The van der Waals surface area contributed by atoms with Crippen LogP contribution in [-0.4, -0.2) is 11.8 Å². The Morgan fingerprint density at radius 2 is 2.12 bits per heavy atom. The predicted molar refractivity (Wildman–Crippen MR) is 97.4 cm³/mol. The van der Waals surface area contributed by atoms with E-state index in [1.807, 2.05) is 43.3 Å². The van der Waals surface area contributed by atoms with Crippen LogP contribution in [0.25, 0.3) is 0 Å². The highest BCUT2D eigenvalue weighted by Gasteiger charge is 2.50. The average molecular weight is 387 g/mol. The van der Waals surface area contributed by atoms with Crippen molar-refractivity contribution in [3.05, 3.63) is 58.1 Å². The van der Waals surface area contributed by atoms with Gasteiger partial charge in [-0.3, -0.25) is 4.90 Å². The molecule has 2 atom stereocenters. The zero-order valence-electron chi connectivity index (χ0n) is 13.7. The summed E-state index contributed by atoms with van der Waals surface area (Å²) >= 11 is 3.50. The first-order valence-corrected chi connectivity index (χ1v) is 8.98. The van der Waals surface area contributed by atoms with Crippen molar-refractivity contribution in [1.29, 1.82) is 0 Å². The van der Waals surface area contributed by atoms with Gasteiger partial charge in [-0.1, -0.05) is 41.1 Å². The van der Waals surface area contributed by atoms with Crippen LogP contribution in [0.3, 0.4) is 0 Å². The number of carbonyl (C=O) groups is 1. The number of benzene rings is 2. The van der Waals surface area contributed by atoms with E-state index >= 15 is 0 Å². The number of nitrogens with zero attached hydrogens (tertiary/aromatic N) is 1. The highest BCUT2D eigenvalue weighted by atomic mass is 79.9. The lowest BCUT2D eigenvalue weighted by Gasteiger charge is -2.51. The molecule has 0 spiro atoms. The van der Waals surface area contributed by atoms with Gasteiger partial charge in [-0.05, 0) is 43.2 Å². The van der Waals surface area contributed by atoms with Crippen molar-refractivity contribution in [2.45, 2.75) is 38.5 Å². The number of rotatable bonds is 2. The Morgan fingerprint density at radius 3 is 2.92 bits per heavy atom. The van der Waals surface area contributed by atoms with Gasteiger partial charge in [0.1, 0.15) is 5.75 Å². The number of aryl methyl sites for hydroxylation is 1. The van der Waals surface area contributed by atoms with Gasteiger partial charge in [0.25, 0.3) is 0 Å². The molecule has 0 aromatic heterocycles. The van der Waals surface area contributed by atoms with Crippen molar-refractivity contribution < 1.29 is 9.53 Å². The normalized spacial score (nSPS) is 24.9. The molecule has 0 saturated carbocycles. The third kappa shape index (κ3) is 2.30. The number of anilines is 1. The lowest BCUT2D eigenvalue weighted by atomic mass is 9.89. The summed E-state index contributed by atoms with van der Waals surface area (Å²) in [7, 11) is 0. The van der Waals surface area contributed by atoms with Crippen molar-refractivity contribution in [3.8, 4) is 5.75 Å². The summed E-state index contributed by atoms with van der Waals surface area (Å²) in [5.74, 6) is 0.830. The van der Waals surface area contributed by atoms with E-state index in [4.69, 9.17) is 4.74 Å². The number of hydrogen-bond donors (Lipinski definition) is 1. The van der Waals surface area contributed by atoms with Crippen LogP contribution < -0.4 is 15.0 Å². The lowest BCUT2D eigenvalue weighted by Crippen LogP contribution is -2.65. The first kappa shape index (κ1) is 15.5. The molecule has 2 aromatic rings. The molecule has 124 valence electrons. The summed E-state index contributed by atoms with van der Waals surface area (Å²) in [4.78, 5) is 14.7. The summed E-state index contributed by atoms with van der Waals surface area (Å²) in [6, 6.07) is 13.8. The Hall–Kier alpha value is -2.01. The standard InChI is InChI=1S/C19H19BrN2O2/c1-3-12-6-4-5-7-16(12)22-18(23)21-15-11-19(22,2)24-17-9-8-13(20)10-14(15)17/h4-10,15H,3,11H2,1-2H3,(H,21,23). The molecule has 1 fully saturated rings. The molecule has 2 heterocycles. The van der Waals surface area contributed by atoms with E-state index < -0.39 is 5.72 Å². The molecule has 5 heteroatoms. The van der Waals surface area contributed by atoms with Crippen LogP contribution >= 0.6 is 15.9 Å². The fourth-order valence-corrected chi connectivity index (χ4v) is 4.12. The first-order valence-electron chi connectivity index (χ1n) is 8.19. The zero-order chi connectivity index (χ0) is 16.9. The number of halogens is 1. The molecule has 2 unspecified atom stereocenters. The average Bonchev–Trinajstić information content (AvgIpc) is 2.55. The molecular formula is C19H19BrN2O2. The quantitative estimate of drug-likeness (QED) is 0.806. The van der Waals surface area contributed by atoms with Crippen molar-refractivity contribution in [3.63, 3.8) is 0 Å². The van der Waals surface area contributed by atoms with Crippen LogP contribution in [-0.2, 0) is 6.42 Å². The van der Waals surface area contributed by atoms with Gasteiger partial charge in [0.05, 0.1) is 11.7 Å². The monoisotopic (exact) mass is 386 g/mol. The molecule has 4 nitrogen and oxygen atoms in total. The molecule has 1 saturated heterocycles. The fourth-order valence-electron chi connectivity index (χ4n) is 3.74. The van der Waals surface area contributed by atoms with Crippen LogP contribution in [0.4, 0.5) is 10.5 Å². The van der Waals surface area contributed by atoms with Crippen LogP contribution in [0, 0.1) is 0 Å². The van der Waals surface area contributed by atoms with Gasteiger partial charge in [0.15, 0.2) is 5.72 Å². The zero-order valence-corrected chi connectivity index (χ0v) is 15.3. The van der Waals surface area contributed by atoms with Crippen molar-refractivity contribution in [1.82, 2.24) is 5.32 Å². The second-order valence-corrected chi connectivity index (χ2v) is 7.40. The minimum Gasteiger partial charge on any atom is -0.467 e. The van der Waals surface area contributed by atoms with E-state index in [1.165, 1.54) is 0 Å². The largest absolute Gasteiger partial charge is 0.467 e. The van der Waals surface area contributed by atoms with E-state index in [0.29, 0.717) is 6.42 Å². The predicted octanol–water partition coefficient (Wildman–Crippen LogP) is 4.78. The number of para-hydroxylation sites is 1. The van der Waals surface area contributed by atoms with Gasteiger partial charge in [-0.15, -0.1) is 0 Å². The summed E-state index contributed by atoms with van der Waals surface area (Å²) in [6.07, 6.45) is 1.57. The maximum absolute atomic E-state index is 12.9. The topological polar surface area (TPSA) is 41.6 Å². The maximum Gasteiger partial charge on any atom is 0.325 e. The van der Waals surface area contributed by atoms with E-state index in [2.05, 4.69) is 34.2 Å². The van der Waals surface area contributed by atoms with E-state index in [-0.39, 0.29) is 12.1 Å². The summed E-state index contributed by atoms with van der Waals surface area (Å²) in [6.45, 7) is 4.09. The van der Waals surface area contributed by atoms with E-state index in [0.717, 1.165) is 33.5 Å². The summed E-state index contributed by atoms with van der Waals surface area (Å²) in [5.41, 5.74) is 2.38. The van der Waals surface area contributed by atoms with Gasteiger partial charge in [-0.25, -0.2) is 4.79 Å². The second-order valence-electron chi connectivity index (χ2n) is 6.48. The van der Waals surface area contributed by atoms with Crippen molar-refractivity contribution in [2.75, 3.05) is 4.90 Å². The third-order valence-electron chi connectivity index (χ3n) is 4.85. The van der Waals surface area contributed by atoms with Crippen LogP contribution in [0.1, 0.15) is 37.4 Å². The number of nitrogens with one attached hydrogen (secondary N) is 1. The molecule has 24 heavy (non-hydrogen) atoms. The number of amides is 2. The second kappa shape index (κ2) is 5.52. The van der Waals surface area contributed by atoms with E-state index in [9.17, 15) is 4.79 Å². The maximum atomic E-state index is 12.9. The smallest absolute Gasteiger partial charge is 0.325 e. The summed E-state index contributed by atoms with van der Waals surface area (Å²) < 4.78 is 7.31. The van der Waals surface area contributed by atoms with Gasteiger partial charge in [0.2, 0.25) is 0 Å². The Morgan fingerprint density at radius 1 is 1.33 bits per heavy atom. The molecule has 4 rings (SSSR count). The van der Waals surface area contributed by atoms with Gasteiger partial charge in [0, 0.05) is 16.5 Å². The highest BCUT2D eigenvalue weighted by molar-refractivity contribution is 9.10. The molecule has 0 radical (unpaired) electrons.